The van der Waals surface area contributed by atoms with E-state index in [0.29, 0.717) is 6.42 Å². The number of nitrogens with two attached hydrogens (primary N) is 2. The minimum atomic E-state index is -1.20. The summed E-state index contributed by atoms with van der Waals surface area (Å²) in [7, 11) is 2.80. The summed E-state index contributed by atoms with van der Waals surface area (Å²) >= 11 is 0. The molecular weight excluding hydrogens is 172 g/mol. The van der Waals surface area contributed by atoms with Gasteiger partial charge in [0.1, 0.15) is 6.04 Å². The van der Waals surface area contributed by atoms with Crippen LogP contribution in [0.3, 0.4) is 0 Å². The van der Waals surface area contributed by atoms with Crippen LogP contribution in [0.1, 0.15) is 6.42 Å². The van der Waals surface area contributed by atoms with Gasteiger partial charge in [0.2, 0.25) is 5.91 Å². The molecule has 4 N–H and O–H groups in total. The minimum absolute atomic E-state index is 0.296. The van der Waals surface area contributed by atoms with E-state index in [1.165, 1.54) is 14.2 Å². The Morgan fingerprint density at radius 3 is 2.31 bits per heavy atom. The molecule has 1 atom stereocenters. The topological polar surface area (TPSA) is 87.6 Å². The maximum atomic E-state index is 10.8. The van der Waals surface area contributed by atoms with Gasteiger partial charge in [-0.25, -0.2) is 0 Å². The Hall–Kier alpha value is -0.910. The van der Waals surface area contributed by atoms with E-state index >= 15 is 0 Å². The predicted molar refractivity (Wildman–Crippen MR) is 48.7 cm³/mol. The van der Waals surface area contributed by atoms with Gasteiger partial charge in [0, 0.05) is 20.6 Å². The van der Waals surface area contributed by atoms with Crippen molar-refractivity contribution in [1.82, 2.24) is 0 Å². The molecule has 0 aromatic rings. The van der Waals surface area contributed by atoms with Crippen LogP contribution in [-0.4, -0.2) is 32.0 Å². The Morgan fingerprint density at radius 2 is 2.08 bits per heavy atom. The third-order valence-electron chi connectivity index (χ3n) is 1.90. The molecule has 0 fully saturated rings. The van der Waals surface area contributed by atoms with Crippen molar-refractivity contribution in [3.8, 4) is 0 Å². The zero-order valence-corrected chi connectivity index (χ0v) is 7.95. The molecule has 1 amide bonds. The second-order valence-corrected chi connectivity index (χ2v) is 2.59. The molecular formula is C8H16N2O3. The summed E-state index contributed by atoms with van der Waals surface area (Å²) in [5.41, 5.74) is 10.6. The Bertz CT molecular complexity index is 190. The maximum absolute atomic E-state index is 10.8. The van der Waals surface area contributed by atoms with Crippen molar-refractivity contribution < 1.29 is 14.3 Å². The van der Waals surface area contributed by atoms with Crippen molar-refractivity contribution in [3.05, 3.63) is 12.7 Å². The van der Waals surface area contributed by atoms with Gasteiger partial charge in [0.25, 0.3) is 0 Å². The lowest BCUT2D eigenvalue weighted by Gasteiger charge is -2.33. The summed E-state index contributed by atoms with van der Waals surface area (Å²) in [4.78, 5) is 10.8. The van der Waals surface area contributed by atoms with Crippen LogP contribution in [-0.2, 0) is 14.3 Å². The number of carbonyl (C=O) groups is 1. The molecule has 76 valence electrons. The first kappa shape index (κ1) is 12.1. The zero-order chi connectivity index (χ0) is 10.5. The van der Waals surface area contributed by atoms with Crippen molar-refractivity contribution in [2.75, 3.05) is 14.2 Å². The summed E-state index contributed by atoms with van der Waals surface area (Å²) < 4.78 is 10.1. The van der Waals surface area contributed by atoms with E-state index in [1.807, 2.05) is 0 Å². The third-order valence-corrected chi connectivity index (χ3v) is 1.90. The number of carbonyl (C=O) groups excluding carboxylic acids is 1. The zero-order valence-electron chi connectivity index (χ0n) is 7.95. The van der Waals surface area contributed by atoms with E-state index in [0.717, 1.165) is 0 Å². The normalized spacial score (nSPS) is 13.8. The Balaban J connectivity index is 4.72. The van der Waals surface area contributed by atoms with Gasteiger partial charge in [-0.1, -0.05) is 6.08 Å². The van der Waals surface area contributed by atoms with Crippen LogP contribution in [0.25, 0.3) is 0 Å². The number of hydrogen-bond donors (Lipinski definition) is 2. The van der Waals surface area contributed by atoms with E-state index in [2.05, 4.69) is 6.58 Å². The molecule has 0 rings (SSSR count). The van der Waals surface area contributed by atoms with E-state index in [4.69, 9.17) is 20.9 Å². The van der Waals surface area contributed by atoms with Crippen molar-refractivity contribution in [1.29, 1.82) is 0 Å². The smallest absolute Gasteiger partial charge is 0.239 e. The third kappa shape index (κ3) is 2.51. The molecule has 0 aliphatic rings. The monoisotopic (exact) mass is 188 g/mol. The fourth-order valence-corrected chi connectivity index (χ4v) is 1.05. The first-order valence-electron chi connectivity index (χ1n) is 3.80. The summed E-state index contributed by atoms with van der Waals surface area (Å²) in [5.74, 6) is -1.88. The number of methoxy groups -OCH3 is 2. The maximum Gasteiger partial charge on any atom is 0.239 e. The van der Waals surface area contributed by atoms with Gasteiger partial charge in [-0.15, -0.1) is 6.58 Å². The first-order chi connectivity index (χ1) is 6.04. The SMILES string of the molecule is C=CCC(OC)(OC)C(N)C(N)=O. The first-order valence-corrected chi connectivity index (χ1v) is 3.80. The lowest BCUT2D eigenvalue weighted by molar-refractivity contribution is -0.215. The predicted octanol–water partition coefficient (Wildman–Crippen LogP) is -0.636. The fourth-order valence-electron chi connectivity index (χ4n) is 1.05. The number of hydrogen-bond acceptors (Lipinski definition) is 4. The second-order valence-electron chi connectivity index (χ2n) is 2.59. The number of primary amides is 1. The molecule has 0 heterocycles. The highest BCUT2D eigenvalue weighted by Gasteiger charge is 2.39. The van der Waals surface area contributed by atoms with Crippen molar-refractivity contribution in [2.45, 2.75) is 18.2 Å². The van der Waals surface area contributed by atoms with Gasteiger partial charge in [0.15, 0.2) is 5.79 Å². The highest BCUT2D eigenvalue weighted by Crippen LogP contribution is 2.20. The highest BCUT2D eigenvalue weighted by molar-refractivity contribution is 5.80. The van der Waals surface area contributed by atoms with E-state index in [9.17, 15) is 4.79 Å². The van der Waals surface area contributed by atoms with Crippen LogP contribution in [0.2, 0.25) is 0 Å². The van der Waals surface area contributed by atoms with Crippen LogP contribution in [0.5, 0.6) is 0 Å². The van der Waals surface area contributed by atoms with Gasteiger partial charge in [-0.05, 0) is 0 Å². The molecule has 0 saturated carbocycles. The van der Waals surface area contributed by atoms with Crippen molar-refractivity contribution >= 4 is 5.91 Å². The molecule has 0 aliphatic carbocycles. The van der Waals surface area contributed by atoms with E-state index < -0.39 is 17.7 Å². The van der Waals surface area contributed by atoms with Gasteiger partial charge >= 0.3 is 0 Å². The molecule has 0 bridgehead atoms. The average molecular weight is 188 g/mol. The summed E-state index contributed by atoms with van der Waals surface area (Å²) in [6.45, 7) is 3.52. The average Bonchev–Trinajstić information content (AvgIpc) is 2.13. The van der Waals surface area contributed by atoms with Crippen LogP contribution in [0, 0.1) is 0 Å². The molecule has 5 heteroatoms. The lowest BCUT2D eigenvalue weighted by Crippen LogP contribution is -2.57. The Kier molecular flexibility index (Phi) is 4.61. The molecule has 0 aromatic heterocycles. The lowest BCUT2D eigenvalue weighted by atomic mass is 10.0. The molecule has 0 saturated heterocycles. The quantitative estimate of drug-likeness (QED) is 0.429. The van der Waals surface area contributed by atoms with Crippen molar-refractivity contribution in [3.63, 3.8) is 0 Å². The number of ether oxygens (including phenoxy) is 2. The van der Waals surface area contributed by atoms with Crippen molar-refractivity contribution in [2.24, 2.45) is 11.5 Å². The summed E-state index contributed by atoms with van der Waals surface area (Å²) in [6, 6.07) is -1.01. The standard InChI is InChI=1S/C8H16N2O3/c1-4-5-8(12-2,13-3)6(9)7(10)11/h4,6H,1,5,9H2,2-3H3,(H2,10,11). The Labute approximate surface area is 77.7 Å². The van der Waals surface area contributed by atoms with Crippen LogP contribution in [0.15, 0.2) is 12.7 Å². The fraction of sp³-hybridized carbons (Fsp3) is 0.625. The highest BCUT2D eigenvalue weighted by atomic mass is 16.7. The molecule has 0 aromatic carbocycles. The van der Waals surface area contributed by atoms with Crippen LogP contribution >= 0.6 is 0 Å². The number of rotatable bonds is 6. The largest absolute Gasteiger partial charge is 0.368 e. The van der Waals surface area contributed by atoms with Gasteiger partial charge in [0.05, 0.1) is 0 Å². The summed E-state index contributed by atoms with van der Waals surface area (Å²) in [5, 5.41) is 0. The van der Waals surface area contributed by atoms with Gasteiger partial charge in [-0.2, -0.15) is 0 Å². The van der Waals surface area contributed by atoms with Gasteiger partial charge in [-0.3, -0.25) is 4.79 Å². The molecule has 0 spiro atoms. The molecule has 1 unspecified atom stereocenters. The Morgan fingerprint density at radius 1 is 1.62 bits per heavy atom. The van der Waals surface area contributed by atoms with Gasteiger partial charge < -0.3 is 20.9 Å². The molecule has 0 radical (unpaired) electrons. The molecule has 5 nitrogen and oxygen atoms in total. The summed E-state index contributed by atoms with van der Waals surface area (Å²) in [6.07, 6.45) is 1.85. The molecule has 13 heavy (non-hydrogen) atoms. The van der Waals surface area contributed by atoms with E-state index in [-0.39, 0.29) is 0 Å². The molecule has 0 aliphatic heterocycles. The van der Waals surface area contributed by atoms with E-state index in [1.54, 1.807) is 6.08 Å². The van der Waals surface area contributed by atoms with Crippen LogP contribution < -0.4 is 11.5 Å². The minimum Gasteiger partial charge on any atom is -0.368 e. The number of amides is 1. The van der Waals surface area contributed by atoms with Crippen LogP contribution in [0.4, 0.5) is 0 Å². The second kappa shape index (κ2) is 4.96.